The lowest BCUT2D eigenvalue weighted by Crippen LogP contribution is -2.21. The van der Waals surface area contributed by atoms with Gasteiger partial charge in [-0.1, -0.05) is 12.1 Å². The van der Waals surface area contributed by atoms with Crippen LogP contribution in [-0.4, -0.2) is 45.1 Å². The van der Waals surface area contributed by atoms with Crippen molar-refractivity contribution >= 4 is 11.9 Å². The Hall–Kier alpha value is -2.47. The van der Waals surface area contributed by atoms with Crippen molar-refractivity contribution in [3.05, 3.63) is 53.3 Å². The average Bonchev–Trinajstić information content (AvgIpc) is 3.03. The molecule has 2 heterocycles. The molecule has 6 heteroatoms. The fraction of sp³-hybridized carbons (Fsp3) is 0.450. The molecule has 0 aliphatic carbocycles. The second kappa shape index (κ2) is 8.27. The van der Waals surface area contributed by atoms with Gasteiger partial charge in [-0.25, -0.2) is 14.8 Å². The molecule has 1 aromatic heterocycles. The molecule has 0 saturated carbocycles. The van der Waals surface area contributed by atoms with Gasteiger partial charge in [-0.2, -0.15) is 0 Å². The van der Waals surface area contributed by atoms with Crippen molar-refractivity contribution in [3.63, 3.8) is 0 Å². The van der Waals surface area contributed by atoms with Gasteiger partial charge in [0.15, 0.2) is 0 Å². The van der Waals surface area contributed by atoms with E-state index in [0.29, 0.717) is 23.5 Å². The number of carboxylic acid groups (broad SMARTS) is 1. The van der Waals surface area contributed by atoms with E-state index >= 15 is 0 Å². The molecule has 2 aromatic rings. The smallest absolute Gasteiger partial charge is 0.335 e. The number of anilines is 1. The molecule has 1 atom stereocenters. The van der Waals surface area contributed by atoms with Gasteiger partial charge in [0.1, 0.15) is 0 Å². The lowest BCUT2D eigenvalue weighted by atomic mass is 9.98. The number of carbonyl (C=O) groups is 1. The third-order valence-electron chi connectivity index (χ3n) is 4.62. The van der Waals surface area contributed by atoms with E-state index in [4.69, 9.17) is 5.11 Å². The summed E-state index contributed by atoms with van der Waals surface area (Å²) in [6.07, 6.45) is 5.95. The third kappa shape index (κ3) is 5.02. The molecule has 0 amide bonds. The van der Waals surface area contributed by atoms with Crippen LogP contribution in [0.3, 0.4) is 0 Å². The molecule has 1 saturated heterocycles. The largest absolute Gasteiger partial charge is 0.478 e. The first-order valence-corrected chi connectivity index (χ1v) is 9.11. The minimum atomic E-state index is -0.875. The minimum Gasteiger partial charge on any atom is -0.478 e. The maximum absolute atomic E-state index is 10.9. The van der Waals surface area contributed by atoms with Crippen LogP contribution in [0.2, 0.25) is 0 Å². The summed E-state index contributed by atoms with van der Waals surface area (Å²) >= 11 is 0. The van der Waals surface area contributed by atoms with Gasteiger partial charge in [0.05, 0.1) is 5.56 Å². The molecule has 1 unspecified atom stereocenters. The zero-order valence-corrected chi connectivity index (χ0v) is 15.4. The van der Waals surface area contributed by atoms with Crippen molar-refractivity contribution in [1.29, 1.82) is 0 Å². The first-order valence-electron chi connectivity index (χ1n) is 9.11. The highest BCUT2D eigenvalue weighted by atomic mass is 16.4. The SMILES string of the molecule is CC(C)Nc1ncc(CN2CCC(Cc3ccc(C(=O)O)cc3)C2)cn1. The number of hydrogen-bond donors (Lipinski definition) is 2. The van der Waals surface area contributed by atoms with Crippen LogP contribution in [-0.2, 0) is 13.0 Å². The highest BCUT2D eigenvalue weighted by Gasteiger charge is 2.23. The summed E-state index contributed by atoms with van der Waals surface area (Å²) in [5.41, 5.74) is 2.68. The lowest BCUT2D eigenvalue weighted by molar-refractivity contribution is 0.0697. The molecule has 6 nitrogen and oxygen atoms in total. The van der Waals surface area contributed by atoms with Gasteiger partial charge in [0.2, 0.25) is 5.95 Å². The van der Waals surface area contributed by atoms with E-state index in [0.717, 1.165) is 38.0 Å². The van der Waals surface area contributed by atoms with Crippen LogP contribution in [0.4, 0.5) is 5.95 Å². The van der Waals surface area contributed by atoms with Gasteiger partial charge in [-0.15, -0.1) is 0 Å². The molecule has 26 heavy (non-hydrogen) atoms. The highest BCUT2D eigenvalue weighted by Crippen LogP contribution is 2.22. The van der Waals surface area contributed by atoms with Gasteiger partial charge in [0, 0.05) is 37.1 Å². The summed E-state index contributed by atoms with van der Waals surface area (Å²) in [5.74, 6) is 0.404. The monoisotopic (exact) mass is 354 g/mol. The predicted molar refractivity (Wildman–Crippen MR) is 101 cm³/mol. The molecule has 0 radical (unpaired) electrons. The molecule has 0 bridgehead atoms. The number of nitrogens with zero attached hydrogens (tertiary/aromatic N) is 3. The van der Waals surface area contributed by atoms with E-state index in [1.807, 2.05) is 24.5 Å². The van der Waals surface area contributed by atoms with Crippen LogP contribution in [0.1, 0.15) is 41.8 Å². The van der Waals surface area contributed by atoms with Crippen LogP contribution in [0.15, 0.2) is 36.7 Å². The Balaban J connectivity index is 1.49. The summed E-state index contributed by atoms with van der Waals surface area (Å²) < 4.78 is 0. The molecule has 1 aliphatic heterocycles. The number of aromatic nitrogens is 2. The van der Waals surface area contributed by atoms with Gasteiger partial charge in [-0.05, 0) is 56.8 Å². The first kappa shape index (κ1) is 18.3. The Labute approximate surface area is 154 Å². The van der Waals surface area contributed by atoms with Crippen molar-refractivity contribution in [2.24, 2.45) is 5.92 Å². The first-order chi connectivity index (χ1) is 12.5. The fourth-order valence-electron chi connectivity index (χ4n) is 3.37. The van der Waals surface area contributed by atoms with Crippen molar-refractivity contribution < 1.29 is 9.90 Å². The second-order valence-corrected chi connectivity index (χ2v) is 7.31. The van der Waals surface area contributed by atoms with Crippen molar-refractivity contribution in [3.8, 4) is 0 Å². The lowest BCUT2D eigenvalue weighted by Gasteiger charge is -2.16. The molecular weight excluding hydrogens is 328 g/mol. The number of rotatable bonds is 7. The second-order valence-electron chi connectivity index (χ2n) is 7.31. The molecule has 0 spiro atoms. The van der Waals surface area contributed by atoms with E-state index in [2.05, 4.69) is 34.0 Å². The summed E-state index contributed by atoms with van der Waals surface area (Å²) in [6.45, 7) is 7.13. The van der Waals surface area contributed by atoms with E-state index in [9.17, 15) is 4.79 Å². The normalized spacial score (nSPS) is 17.6. The topological polar surface area (TPSA) is 78.4 Å². The average molecular weight is 354 g/mol. The number of carboxylic acids is 1. The van der Waals surface area contributed by atoms with E-state index in [1.165, 1.54) is 5.56 Å². The number of aromatic carboxylic acids is 1. The van der Waals surface area contributed by atoms with Crippen molar-refractivity contribution in [1.82, 2.24) is 14.9 Å². The molecule has 1 aromatic carbocycles. The number of nitrogens with one attached hydrogen (secondary N) is 1. The van der Waals surface area contributed by atoms with E-state index < -0.39 is 5.97 Å². The van der Waals surface area contributed by atoms with E-state index in [1.54, 1.807) is 12.1 Å². The Morgan fingerprint density at radius 2 is 1.92 bits per heavy atom. The molecule has 3 rings (SSSR count). The summed E-state index contributed by atoms with van der Waals surface area (Å²) in [5, 5.41) is 12.2. The minimum absolute atomic E-state index is 0.324. The van der Waals surface area contributed by atoms with Crippen LogP contribution in [0.5, 0.6) is 0 Å². The van der Waals surface area contributed by atoms with Crippen LogP contribution >= 0.6 is 0 Å². The molecule has 138 valence electrons. The van der Waals surface area contributed by atoms with Gasteiger partial charge in [-0.3, -0.25) is 4.90 Å². The Bertz CT molecular complexity index is 728. The van der Waals surface area contributed by atoms with Crippen molar-refractivity contribution in [2.45, 2.75) is 39.3 Å². The van der Waals surface area contributed by atoms with Crippen LogP contribution in [0.25, 0.3) is 0 Å². The molecule has 2 N–H and O–H groups in total. The van der Waals surface area contributed by atoms with Gasteiger partial charge < -0.3 is 10.4 Å². The van der Waals surface area contributed by atoms with Crippen molar-refractivity contribution in [2.75, 3.05) is 18.4 Å². The standard InChI is InChI=1S/C20H26N4O2/c1-14(2)23-20-21-10-17(11-22-20)13-24-8-7-16(12-24)9-15-3-5-18(6-4-15)19(25)26/h3-6,10-11,14,16H,7-9,12-13H2,1-2H3,(H,25,26)(H,21,22,23). The Morgan fingerprint density at radius 1 is 1.23 bits per heavy atom. The summed E-state index contributed by atoms with van der Waals surface area (Å²) in [6, 6.07) is 7.56. The van der Waals surface area contributed by atoms with Gasteiger partial charge >= 0.3 is 5.97 Å². The Kier molecular flexibility index (Phi) is 5.83. The fourth-order valence-corrected chi connectivity index (χ4v) is 3.37. The number of benzene rings is 1. The molecule has 1 aliphatic rings. The van der Waals surface area contributed by atoms with Gasteiger partial charge in [0.25, 0.3) is 0 Å². The molecule has 1 fully saturated rings. The maximum Gasteiger partial charge on any atom is 0.335 e. The Morgan fingerprint density at radius 3 is 2.54 bits per heavy atom. The summed E-state index contributed by atoms with van der Waals surface area (Å²) in [4.78, 5) is 22.1. The van der Waals surface area contributed by atoms with E-state index in [-0.39, 0.29) is 0 Å². The zero-order chi connectivity index (χ0) is 18.5. The van der Waals surface area contributed by atoms with Crippen LogP contribution in [0, 0.1) is 5.92 Å². The summed E-state index contributed by atoms with van der Waals surface area (Å²) in [7, 11) is 0. The maximum atomic E-state index is 10.9. The van der Waals surface area contributed by atoms with Crippen LogP contribution < -0.4 is 5.32 Å². The third-order valence-corrected chi connectivity index (χ3v) is 4.62. The number of likely N-dealkylation sites (tertiary alicyclic amines) is 1. The molecular formula is C20H26N4O2. The quantitative estimate of drug-likeness (QED) is 0.796. The zero-order valence-electron chi connectivity index (χ0n) is 15.4. The predicted octanol–water partition coefficient (Wildman–Crippen LogP) is 3.06. The number of hydrogen-bond acceptors (Lipinski definition) is 5. The highest BCUT2D eigenvalue weighted by molar-refractivity contribution is 5.87.